The van der Waals surface area contributed by atoms with E-state index in [9.17, 15) is 12.8 Å². The monoisotopic (exact) mass is 496 g/mol. The van der Waals surface area contributed by atoms with Crippen LogP contribution in [0.25, 0.3) is 0 Å². The van der Waals surface area contributed by atoms with Gasteiger partial charge in [0, 0.05) is 60.9 Å². The molecule has 1 aliphatic rings. The quantitative estimate of drug-likeness (QED) is 0.512. The van der Waals surface area contributed by atoms with E-state index in [1.54, 1.807) is 16.4 Å². The zero-order chi connectivity index (χ0) is 24.2. The number of rotatable bonds is 9. The zero-order valence-electron chi connectivity index (χ0n) is 19.9. The van der Waals surface area contributed by atoms with Gasteiger partial charge in [0.1, 0.15) is 17.5 Å². The van der Waals surface area contributed by atoms with Crippen molar-refractivity contribution in [1.82, 2.24) is 14.3 Å². The Balaban J connectivity index is 1.99. The fraction of sp³-hybridized carbons (Fsp3) is 0.583. The molecule has 1 aliphatic heterocycles. The highest BCUT2D eigenvalue weighted by molar-refractivity contribution is 7.89. The molecule has 0 atom stereocenters. The van der Waals surface area contributed by atoms with Crippen molar-refractivity contribution in [3.63, 3.8) is 0 Å². The molecular weight excluding hydrogens is 463 g/mol. The molecule has 0 unspecified atom stereocenters. The second-order valence-corrected chi connectivity index (χ2v) is 11.4. The third-order valence-corrected chi connectivity index (χ3v) is 8.28. The number of piperazine rings is 1. The van der Waals surface area contributed by atoms with Crippen LogP contribution in [-0.4, -0.2) is 54.6 Å². The summed E-state index contributed by atoms with van der Waals surface area (Å²) in [5.41, 5.74) is 2.18. The van der Waals surface area contributed by atoms with E-state index in [0.29, 0.717) is 61.9 Å². The Bertz CT molecular complexity index is 1050. The maximum absolute atomic E-state index is 14.6. The number of hydrogen-bond donors (Lipinski definition) is 0. The Morgan fingerprint density at radius 3 is 2.36 bits per heavy atom. The molecule has 1 fully saturated rings. The van der Waals surface area contributed by atoms with Gasteiger partial charge in [0.25, 0.3) is 0 Å². The number of nitrogens with zero attached hydrogens (tertiary/aromatic N) is 4. The van der Waals surface area contributed by atoms with E-state index in [-0.39, 0.29) is 11.6 Å². The fourth-order valence-corrected chi connectivity index (χ4v) is 5.93. The van der Waals surface area contributed by atoms with Gasteiger partial charge in [-0.15, -0.1) is 0 Å². The Morgan fingerprint density at radius 2 is 1.79 bits per heavy atom. The van der Waals surface area contributed by atoms with Gasteiger partial charge in [-0.05, 0) is 30.9 Å². The Labute approximate surface area is 202 Å². The molecule has 0 saturated carbocycles. The number of anilines is 1. The summed E-state index contributed by atoms with van der Waals surface area (Å²) in [6.07, 6.45) is 2.32. The largest absolute Gasteiger partial charge is 0.354 e. The van der Waals surface area contributed by atoms with Crippen LogP contribution in [0.15, 0.2) is 18.2 Å². The SMILES string of the molecule is CCCS(=O)(=O)N1CCN(c2nc(CC(C)C)nc(CC)c2Cc2c(F)cccc2Cl)CC1. The van der Waals surface area contributed by atoms with Crippen LogP contribution in [0.1, 0.15) is 56.8 Å². The average Bonchev–Trinajstić information content (AvgIpc) is 2.76. The summed E-state index contributed by atoms with van der Waals surface area (Å²) in [5.74, 6) is 1.74. The molecule has 2 heterocycles. The standard InChI is InChI=1S/C24H34ClFN4O2S/c1-5-14-33(31,32)30-12-10-29(11-13-30)24-19(16-18-20(25)8-7-9-21(18)26)22(6-2)27-23(28-24)15-17(3)4/h7-9,17H,5-6,10-16H2,1-4H3. The first-order chi connectivity index (χ1) is 15.7. The number of halogens is 2. The van der Waals surface area contributed by atoms with Gasteiger partial charge in [-0.25, -0.2) is 22.8 Å². The van der Waals surface area contributed by atoms with Gasteiger partial charge >= 0.3 is 0 Å². The Kier molecular flexibility index (Phi) is 8.70. The lowest BCUT2D eigenvalue weighted by Gasteiger charge is -2.36. The molecular formula is C24H34ClFN4O2S. The summed E-state index contributed by atoms with van der Waals surface area (Å²) in [4.78, 5) is 11.8. The van der Waals surface area contributed by atoms with Crippen molar-refractivity contribution < 1.29 is 12.8 Å². The number of hydrogen-bond acceptors (Lipinski definition) is 5. The van der Waals surface area contributed by atoms with Crippen molar-refractivity contribution in [2.45, 2.75) is 53.4 Å². The van der Waals surface area contributed by atoms with Gasteiger partial charge in [0.15, 0.2) is 0 Å². The molecule has 0 bridgehead atoms. The predicted octanol–water partition coefficient (Wildman–Crippen LogP) is 4.48. The molecule has 1 saturated heterocycles. The van der Waals surface area contributed by atoms with Crippen molar-refractivity contribution in [3.8, 4) is 0 Å². The van der Waals surface area contributed by atoms with Gasteiger partial charge in [-0.1, -0.05) is 45.4 Å². The zero-order valence-corrected chi connectivity index (χ0v) is 21.5. The average molecular weight is 497 g/mol. The molecule has 0 spiro atoms. The van der Waals surface area contributed by atoms with E-state index in [1.165, 1.54) is 6.07 Å². The van der Waals surface area contributed by atoms with E-state index in [0.717, 1.165) is 29.3 Å². The van der Waals surface area contributed by atoms with Crippen LogP contribution in [0.2, 0.25) is 5.02 Å². The first kappa shape index (κ1) is 25.8. The second kappa shape index (κ2) is 11.1. The van der Waals surface area contributed by atoms with Gasteiger partial charge in [-0.3, -0.25) is 0 Å². The van der Waals surface area contributed by atoms with Crippen LogP contribution in [-0.2, 0) is 29.3 Å². The molecule has 9 heteroatoms. The van der Waals surface area contributed by atoms with Gasteiger partial charge < -0.3 is 4.90 Å². The van der Waals surface area contributed by atoms with Crippen LogP contribution >= 0.6 is 11.6 Å². The number of sulfonamides is 1. The molecule has 182 valence electrons. The summed E-state index contributed by atoms with van der Waals surface area (Å²) in [7, 11) is -3.24. The van der Waals surface area contributed by atoms with Crippen LogP contribution in [0.3, 0.4) is 0 Å². The highest BCUT2D eigenvalue weighted by Gasteiger charge is 2.29. The van der Waals surface area contributed by atoms with Crippen molar-refractivity contribution in [1.29, 1.82) is 0 Å². The molecule has 0 amide bonds. The minimum Gasteiger partial charge on any atom is -0.354 e. The van der Waals surface area contributed by atoms with E-state index >= 15 is 0 Å². The minimum atomic E-state index is -3.24. The molecule has 6 nitrogen and oxygen atoms in total. The van der Waals surface area contributed by atoms with Crippen molar-refractivity contribution in [2.24, 2.45) is 5.92 Å². The molecule has 0 N–H and O–H groups in total. The van der Waals surface area contributed by atoms with E-state index < -0.39 is 10.0 Å². The normalized spacial score (nSPS) is 15.4. The number of benzene rings is 1. The summed E-state index contributed by atoms with van der Waals surface area (Å²) in [6, 6.07) is 4.70. The smallest absolute Gasteiger partial charge is 0.214 e. The van der Waals surface area contributed by atoms with E-state index in [1.807, 2.05) is 13.8 Å². The summed E-state index contributed by atoms with van der Waals surface area (Å²) < 4.78 is 41.2. The van der Waals surface area contributed by atoms with Crippen LogP contribution in [0.4, 0.5) is 10.2 Å². The number of aromatic nitrogens is 2. The Morgan fingerprint density at radius 1 is 1.09 bits per heavy atom. The lowest BCUT2D eigenvalue weighted by Crippen LogP contribution is -2.49. The van der Waals surface area contributed by atoms with Gasteiger partial charge in [0.2, 0.25) is 10.0 Å². The molecule has 1 aromatic carbocycles. The Hall–Kier alpha value is -1.77. The topological polar surface area (TPSA) is 66.4 Å². The fourth-order valence-electron chi connectivity index (χ4n) is 4.20. The highest BCUT2D eigenvalue weighted by atomic mass is 35.5. The predicted molar refractivity (Wildman–Crippen MR) is 132 cm³/mol. The lowest BCUT2D eigenvalue weighted by molar-refractivity contribution is 0.383. The second-order valence-electron chi connectivity index (χ2n) is 8.92. The summed E-state index contributed by atoms with van der Waals surface area (Å²) >= 11 is 6.34. The van der Waals surface area contributed by atoms with Crippen LogP contribution in [0.5, 0.6) is 0 Å². The molecule has 3 rings (SSSR count). The summed E-state index contributed by atoms with van der Waals surface area (Å²) in [6.45, 7) is 10.0. The summed E-state index contributed by atoms with van der Waals surface area (Å²) in [5, 5.41) is 0.379. The maximum atomic E-state index is 14.6. The van der Waals surface area contributed by atoms with Crippen molar-refractivity contribution in [2.75, 3.05) is 36.8 Å². The minimum absolute atomic E-state index is 0.163. The molecule has 0 aliphatic carbocycles. The van der Waals surface area contributed by atoms with Crippen molar-refractivity contribution in [3.05, 3.63) is 51.7 Å². The third kappa shape index (κ3) is 6.22. The first-order valence-corrected chi connectivity index (χ1v) is 13.7. The first-order valence-electron chi connectivity index (χ1n) is 11.7. The molecule has 33 heavy (non-hydrogen) atoms. The van der Waals surface area contributed by atoms with Gasteiger partial charge in [-0.2, -0.15) is 4.31 Å². The van der Waals surface area contributed by atoms with Crippen molar-refractivity contribution >= 4 is 27.4 Å². The lowest BCUT2D eigenvalue weighted by atomic mass is 10.0. The van der Waals surface area contributed by atoms with Crippen LogP contribution in [0, 0.1) is 11.7 Å². The van der Waals surface area contributed by atoms with E-state index in [2.05, 4.69) is 18.7 Å². The van der Waals surface area contributed by atoms with Crippen LogP contribution < -0.4 is 4.90 Å². The molecule has 0 radical (unpaired) electrons. The van der Waals surface area contributed by atoms with E-state index in [4.69, 9.17) is 21.6 Å². The highest BCUT2D eigenvalue weighted by Crippen LogP contribution is 2.30. The molecule has 1 aromatic heterocycles. The molecule has 2 aromatic rings. The number of aryl methyl sites for hydroxylation is 1. The maximum Gasteiger partial charge on any atom is 0.214 e. The third-order valence-electron chi connectivity index (χ3n) is 5.85. The van der Waals surface area contributed by atoms with Gasteiger partial charge in [0.05, 0.1) is 5.75 Å².